The minimum absolute atomic E-state index is 0.270. The highest BCUT2D eigenvalue weighted by molar-refractivity contribution is 7.93. The third-order valence-electron chi connectivity index (χ3n) is 2.11. The van der Waals surface area contributed by atoms with Gasteiger partial charge in [0.25, 0.3) is 0 Å². The lowest BCUT2D eigenvalue weighted by molar-refractivity contribution is 0.283. The molecule has 3 nitrogen and oxygen atoms in total. The fraction of sp³-hybridized carbons (Fsp3) is 1.00. The van der Waals surface area contributed by atoms with Crippen molar-refractivity contribution < 1.29 is 13.5 Å². The summed E-state index contributed by atoms with van der Waals surface area (Å²) in [5, 5.41) is 8.38. The van der Waals surface area contributed by atoms with Crippen LogP contribution in [0, 0.1) is 0 Å². The third kappa shape index (κ3) is 2.95. The molecule has 1 atom stereocenters. The van der Waals surface area contributed by atoms with Crippen LogP contribution in [0.4, 0.5) is 0 Å². The molecule has 0 aromatic carbocycles. The molecule has 0 fully saturated rings. The van der Waals surface area contributed by atoms with Gasteiger partial charge in [-0.3, -0.25) is 0 Å². The van der Waals surface area contributed by atoms with Crippen LogP contribution in [0.15, 0.2) is 0 Å². The first-order chi connectivity index (χ1) is 5.77. The van der Waals surface area contributed by atoms with Crippen LogP contribution in [0.5, 0.6) is 0 Å². The second-order valence-corrected chi connectivity index (χ2v) is 7.23. The minimum atomic E-state index is -3.20. The lowest BCUT2D eigenvalue weighted by Crippen LogP contribution is -2.39. The van der Waals surface area contributed by atoms with Gasteiger partial charge >= 0.3 is 0 Å². The molecule has 0 radical (unpaired) electrons. The van der Waals surface area contributed by atoms with Crippen LogP contribution < -0.4 is 0 Å². The Bertz CT molecular complexity index is 236. The van der Waals surface area contributed by atoms with Crippen molar-refractivity contribution in [1.29, 1.82) is 0 Å². The van der Waals surface area contributed by atoms with Gasteiger partial charge in [0.2, 0.25) is 0 Å². The van der Waals surface area contributed by atoms with Crippen LogP contribution in [-0.2, 0) is 9.84 Å². The molecule has 0 aromatic heterocycles. The van der Waals surface area contributed by atoms with Crippen molar-refractivity contribution in [3.05, 3.63) is 0 Å². The van der Waals surface area contributed by atoms with Crippen molar-refractivity contribution in [1.82, 2.24) is 0 Å². The Labute approximate surface area is 81.1 Å². The van der Waals surface area contributed by atoms with E-state index in [1.54, 1.807) is 20.8 Å². The van der Waals surface area contributed by atoms with Gasteiger partial charge < -0.3 is 5.11 Å². The molecule has 0 aromatic rings. The number of rotatable bonds is 4. The minimum Gasteiger partial charge on any atom is -0.395 e. The molecule has 0 amide bonds. The lowest BCUT2D eigenvalue weighted by atomic mass is 10.2. The Morgan fingerprint density at radius 2 is 1.77 bits per heavy atom. The van der Waals surface area contributed by atoms with Crippen LogP contribution in [0.1, 0.15) is 40.5 Å². The summed E-state index contributed by atoms with van der Waals surface area (Å²) in [6.45, 7) is 6.65. The van der Waals surface area contributed by atoms with Gasteiger partial charge in [-0.05, 0) is 27.2 Å². The Morgan fingerprint density at radius 1 is 1.31 bits per heavy atom. The highest BCUT2D eigenvalue weighted by Gasteiger charge is 2.35. The number of aliphatic hydroxyl groups is 1. The normalized spacial score (nSPS) is 15.8. The maximum absolute atomic E-state index is 11.8. The molecule has 4 heteroatoms. The molecule has 13 heavy (non-hydrogen) atoms. The van der Waals surface area contributed by atoms with E-state index in [1.807, 2.05) is 6.92 Å². The summed E-state index contributed by atoms with van der Waals surface area (Å²) in [7, 11) is -3.20. The predicted octanol–water partition coefficient (Wildman–Crippen LogP) is 1.36. The number of hydrogen-bond acceptors (Lipinski definition) is 3. The van der Waals surface area contributed by atoms with Gasteiger partial charge in [-0.15, -0.1) is 0 Å². The van der Waals surface area contributed by atoms with Crippen LogP contribution in [0.25, 0.3) is 0 Å². The standard InChI is InChI=1S/C9H20O3S/c1-5-6-8(7-10)13(11,12)9(2,3)4/h8,10H,5-7H2,1-4H3/t8-/m0/s1. The largest absolute Gasteiger partial charge is 0.395 e. The third-order valence-corrected chi connectivity index (χ3v) is 5.08. The monoisotopic (exact) mass is 208 g/mol. The fourth-order valence-electron chi connectivity index (χ4n) is 1.17. The molecule has 0 spiro atoms. The van der Waals surface area contributed by atoms with Crippen LogP contribution >= 0.6 is 0 Å². The summed E-state index contributed by atoms with van der Waals surface area (Å²) in [6.07, 6.45) is 1.32. The Kier molecular flexibility index (Phi) is 4.39. The van der Waals surface area contributed by atoms with E-state index in [0.29, 0.717) is 6.42 Å². The summed E-state index contributed by atoms with van der Waals surface area (Å²) < 4.78 is 22.9. The van der Waals surface area contributed by atoms with Crippen molar-refractivity contribution in [3.8, 4) is 0 Å². The zero-order chi connectivity index (χ0) is 10.7. The zero-order valence-electron chi connectivity index (χ0n) is 8.87. The van der Waals surface area contributed by atoms with Gasteiger partial charge in [-0.2, -0.15) is 0 Å². The SMILES string of the molecule is CCC[C@@H](CO)S(=O)(=O)C(C)(C)C. The smallest absolute Gasteiger partial charge is 0.160 e. The van der Waals surface area contributed by atoms with E-state index in [1.165, 1.54) is 0 Å². The highest BCUT2D eigenvalue weighted by Crippen LogP contribution is 2.23. The molecule has 0 aliphatic carbocycles. The highest BCUT2D eigenvalue weighted by atomic mass is 32.2. The topological polar surface area (TPSA) is 54.4 Å². The van der Waals surface area contributed by atoms with Crippen molar-refractivity contribution in [2.45, 2.75) is 50.5 Å². The summed E-state index contributed by atoms with van der Waals surface area (Å²) in [4.78, 5) is 0. The van der Waals surface area contributed by atoms with Gasteiger partial charge in [-0.25, -0.2) is 8.42 Å². The first-order valence-electron chi connectivity index (χ1n) is 4.61. The Morgan fingerprint density at radius 3 is 2.00 bits per heavy atom. The average Bonchev–Trinajstić information content (AvgIpc) is 1.97. The molecule has 0 aliphatic rings. The van der Waals surface area contributed by atoms with E-state index in [9.17, 15) is 8.42 Å². The molecule has 1 N–H and O–H groups in total. The van der Waals surface area contributed by atoms with Crippen LogP contribution in [0.3, 0.4) is 0 Å². The van der Waals surface area contributed by atoms with Crippen LogP contribution in [0.2, 0.25) is 0 Å². The maximum atomic E-state index is 11.8. The molecule has 0 bridgehead atoms. The molecule has 0 aliphatic heterocycles. The molecule has 0 saturated carbocycles. The maximum Gasteiger partial charge on any atom is 0.160 e. The van der Waals surface area contributed by atoms with Crippen molar-refractivity contribution in [2.24, 2.45) is 0 Å². The number of sulfone groups is 1. The van der Waals surface area contributed by atoms with Gasteiger partial charge in [-0.1, -0.05) is 13.3 Å². The van der Waals surface area contributed by atoms with Crippen molar-refractivity contribution in [2.75, 3.05) is 6.61 Å². The number of aliphatic hydroxyl groups excluding tert-OH is 1. The van der Waals surface area contributed by atoms with Gasteiger partial charge in [0, 0.05) is 0 Å². The van der Waals surface area contributed by atoms with E-state index >= 15 is 0 Å². The van der Waals surface area contributed by atoms with Crippen LogP contribution in [-0.4, -0.2) is 30.1 Å². The van der Waals surface area contributed by atoms with E-state index in [-0.39, 0.29) is 6.61 Å². The Balaban J connectivity index is 4.80. The second-order valence-electron chi connectivity index (χ2n) is 4.25. The van der Waals surface area contributed by atoms with Crippen molar-refractivity contribution >= 4 is 9.84 Å². The molecular weight excluding hydrogens is 188 g/mol. The predicted molar refractivity (Wildman–Crippen MR) is 54.5 cm³/mol. The van der Waals surface area contributed by atoms with Gasteiger partial charge in [0.1, 0.15) is 0 Å². The molecule has 0 saturated heterocycles. The van der Waals surface area contributed by atoms with E-state index in [4.69, 9.17) is 5.11 Å². The first kappa shape index (κ1) is 12.9. The molecular formula is C9H20O3S. The average molecular weight is 208 g/mol. The first-order valence-corrected chi connectivity index (χ1v) is 6.16. The van der Waals surface area contributed by atoms with E-state index in [0.717, 1.165) is 6.42 Å². The zero-order valence-corrected chi connectivity index (χ0v) is 9.69. The summed E-state index contributed by atoms with van der Waals surface area (Å²) in [5.74, 6) is 0. The molecule has 0 heterocycles. The summed E-state index contributed by atoms with van der Waals surface area (Å²) >= 11 is 0. The number of hydrogen-bond donors (Lipinski definition) is 1. The van der Waals surface area contributed by atoms with Crippen molar-refractivity contribution in [3.63, 3.8) is 0 Å². The van der Waals surface area contributed by atoms with E-state index in [2.05, 4.69) is 0 Å². The molecule has 80 valence electrons. The lowest BCUT2D eigenvalue weighted by Gasteiger charge is -2.25. The van der Waals surface area contributed by atoms with E-state index < -0.39 is 19.8 Å². The van der Waals surface area contributed by atoms with Gasteiger partial charge in [0.05, 0.1) is 16.6 Å². The molecule has 0 rings (SSSR count). The fourth-order valence-corrected chi connectivity index (χ4v) is 2.91. The second kappa shape index (κ2) is 4.42. The Hall–Kier alpha value is -0.0900. The quantitative estimate of drug-likeness (QED) is 0.759. The summed E-state index contributed by atoms with van der Waals surface area (Å²) in [5.41, 5.74) is 0. The molecule has 0 unspecified atom stereocenters. The summed E-state index contributed by atoms with van der Waals surface area (Å²) in [6, 6.07) is 0. The van der Waals surface area contributed by atoms with Gasteiger partial charge in [0.15, 0.2) is 9.84 Å².